The van der Waals surface area contributed by atoms with Crippen molar-refractivity contribution in [1.29, 1.82) is 0 Å². The summed E-state index contributed by atoms with van der Waals surface area (Å²) in [5.74, 6) is -1.90. The number of benzene rings is 1. The van der Waals surface area contributed by atoms with Gasteiger partial charge in [0.2, 0.25) is 15.9 Å². The van der Waals surface area contributed by atoms with E-state index in [4.69, 9.17) is 4.74 Å². The molecule has 1 fully saturated rings. The van der Waals surface area contributed by atoms with Crippen LogP contribution in [0.1, 0.15) is 43.0 Å². The summed E-state index contributed by atoms with van der Waals surface area (Å²) in [4.78, 5) is 35.5. The van der Waals surface area contributed by atoms with Crippen molar-refractivity contribution in [2.45, 2.75) is 37.5 Å². The van der Waals surface area contributed by atoms with E-state index in [9.17, 15) is 22.8 Å². The van der Waals surface area contributed by atoms with E-state index in [0.29, 0.717) is 19.6 Å². The third kappa shape index (κ3) is 6.53. The van der Waals surface area contributed by atoms with Crippen LogP contribution in [0.3, 0.4) is 0 Å². The lowest BCUT2D eigenvalue weighted by Gasteiger charge is -2.26. The molecule has 1 heterocycles. The lowest BCUT2D eigenvalue weighted by molar-refractivity contribution is -0.127. The Hall–Kier alpha value is -2.46. The van der Waals surface area contributed by atoms with Gasteiger partial charge in [-0.15, -0.1) is 0 Å². The molecule has 29 heavy (non-hydrogen) atoms. The van der Waals surface area contributed by atoms with E-state index in [1.165, 1.54) is 28.6 Å². The van der Waals surface area contributed by atoms with Crippen molar-refractivity contribution in [3.05, 3.63) is 29.8 Å². The van der Waals surface area contributed by atoms with E-state index in [0.717, 1.165) is 25.7 Å². The number of nitrogens with one attached hydrogen (secondary N) is 2. The summed E-state index contributed by atoms with van der Waals surface area (Å²) < 4.78 is 32.1. The van der Waals surface area contributed by atoms with Crippen molar-refractivity contribution in [3.8, 4) is 0 Å². The first-order valence-corrected chi connectivity index (χ1v) is 11.1. The minimum absolute atomic E-state index is 0.119. The number of rotatable bonds is 9. The molecule has 2 N–H and O–H groups in total. The number of hydrogen-bond acceptors (Lipinski definition) is 6. The predicted molar refractivity (Wildman–Crippen MR) is 106 cm³/mol. The Bertz CT molecular complexity index is 834. The summed E-state index contributed by atoms with van der Waals surface area (Å²) in [6.07, 6.45) is 3.30. The van der Waals surface area contributed by atoms with Gasteiger partial charge in [0.05, 0.1) is 17.0 Å². The van der Waals surface area contributed by atoms with Crippen LogP contribution in [0.4, 0.5) is 0 Å². The third-order valence-corrected chi connectivity index (χ3v) is 6.35. The fourth-order valence-corrected chi connectivity index (χ4v) is 4.57. The fourth-order valence-electron chi connectivity index (χ4n) is 2.87. The second-order valence-corrected chi connectivity index (χ2v) is 8.57. The van der Waals surface area contributed by atoms with Crippen LogP contribution in [0.15, 0.2) is 29.2 Å². The molecule has 0 radical (unpaired) electrons. The lowest BCUT2D eigenvalue weighted by Crippen LogP contribution is -2.39. The number of piperidine rings is 1. The van der Waals surface area contributed by atoms with Gasteiger partial charge in [0.15, 0.2) is 6.61 Å². The Labute approximate surface area is 170 Å². The summed E-state index contributed by atoms with van der Waals surface area (Å²) in [5.41, 5.74) is -0.119. The van der Waals surface area contributed by atoms with E-state index >= 15 is 0 Å². The molecule has 9 nitrogen and oxygen atoms in total. The Balaban J connectivity index is 1.98. The lowest BCUT2D eigenvalue weighted by atomic mass is 10.2. The Kier molecular flexibility index (Phi) is 8.59. The molecule has 2 amide bonds. The number of esters is 1. The first kappa shape index (κ1) is 22.8. The van der Waals surface area contributed by atoms with Gasteiger partial charge < -0.3 is 15.4 Å². The second kappa shape index (κ2) is 10.9. The molecule has 0 spiro atoms. The Morgan fingerprint density at radius 2 is 1.72 bits per heavy atom. The van der Waals surface area contributed by atoms with E-state index in [1.54, 1.807) is 0 Å². The van der Waals surface area contributed by atoms with Gasteiger partial charge in [-0.1, -0.05) is 25.5 Å². The molecule has 0 aromatic heterocycles. The van der Waals surface area contributed by atoms with E-state index in [-0.39, 0.29) is 22.9 Å². The number of sulfonamides is 1. The van der Waals surface area contributed by atoms with Gasteiger partial charge in [-0.25, -0.2) is 13.2 Å². The van der Waals surface area contributed by atoms with Crippen LogP contribution in [0.2, 0.25) is 0 Å². The molecule has 1 aliphatic rings. The van der Waals surface area contributed by atoms with E-state index < -0.39 is 28.5 Å². The van der Waals surface area contributed by atoms with Crippen LogP contribution in [0.5, 0.6) is 0 Å². The second-order valence-electron chi connectivity index (χ2n) is 6.66. The van der Waals surface area contributed by atoms with Crippen molar-refractivity contribution >= 4 is 27.8 Å². The van der Waals surface area contributed by atoms with Crippen molar-refractivity contribution in [2.24, 2.45) is 0 Å². The maximum Gasteiger partial charge on any atom is 0.340 e. The van der Waals surface area contributed by atoms with Crippen molar-refractivity contribution in [2.75, 3.05) is 32.8 Å². The molecule has 1 aliphatic heterocycles. The predicted octanol–water partition coefficient (Wildman–Crippen LogP) is 0.660. The summed E-state index contributed by atoms with van der Waals surface area (Å²) in [5, 5.41) is 4.94. The highest BCUT2D eigenvalue weighted by Gasteiger charge is 2.30. The molecule has 10 heteroatoms. The standard InChI is InChI=1S/C19H27N3O6S/c1-2-10-20-17(23)13-21-18(24)14-28-19(25)15-8-4-5-9-16(15)29(26,27)22-11-6-3-7-12-22/h4-5,8-9H,2-3,6-7,10-14H2,1H3,(H,20,23)(H,21,24). The van der Waals surface area contributed by atoms with Crippen LogP contribution in [-0.4, -0.2) is 63.3 Å². The largest absolute Gasteiger partial charge is 0.452 e. The van der Waals surface area contributed by atoms with Crippen molar-refractivity contribution < 1.29 is 27.5 Å². The zero-order valence-corrected chi connectivity index (χ0v) is 17.3. The van der Waals surface area contributed by atoms with Gasteiger partial charge in [0.1, 0.15) is 0 Å². The van der Waals surface area contributed by atoms with Gasteiger partial charge >= 0.3 is 5.97 Å². The smallest absolute Gasteiger partial charge is 0.340 e. The summed E-state index contributed by atoms with van der Waals surface area (Å²) >= 11 is 0. The molecule has 0 saturated carbocycles. The zero-order chi connectivity index (χ0) is 21.3. The zero-order valence-electron chi connectivity index (χ0n) is 16.5. The number of nitrogens with zero attached hydrogens (tertiary/aromatic N) is 1. The van der Waals surface area contributed by atoms with Crippen LogP contribution < -0.4 is 10.6 Å². The maximum absolute atomic E-state index is 12.9. The summed E-state index contributed by atoms with van der Waals surface area (Å²) in [6.45, 7) is 2.39. The highest BCUT2D eigenvalue weighted by Crippen LogP contribution is 2.24. The van der Waals surface area contributed by atoms with Crippen LogP contribution in [-0.2, 0) is 24.3 Å². The van der Waals surface area contributed by atoms with E-state index in [2.05, 4.69) is 10.6 Å². The quantitative estimate of drug-likeness (QED) is 0.561. The number of carbonyl (C=O) groups is 3. The normalized spacial score (nSPS) is 14.8. The first-order valence-electron chi connectivity index (χ1n) is 9.66. The number of amides is 2. The molecular formula is C19H27N3O6S. The van der Waals surface area contributed by atoms with Gasteiger partial charge in [-0.2, -0.15) is 4.31 Å². The maximum atomic E-state index is 12.9. The average molecular weight is 426 g/mol. The number of carbonyl (C=O) groups excluding carboxylic acids is 3. The molecule has 0 bridgehead atoms. The van der Waals surface area contributed by atoms with Crippen LogP contribution in [0, 0.1) is 0 Å². The third-order valence-electron chi connectivity index (χ3n) is 4.39. The minimum atomic E-state index is -3.83. The Morgan fingerprint density at radius 1 is 1.03 bits per heavy atom. The molecule has 160 valence electrons. The number of ether oxygens (including phenoxy) is 1. The van der Waals surface area contributed by atoms with Crippen LogP contribution in [0.25, 0.3) is 0 Å². The molecule has 2 rings (SSSR count). The average Bonchev–Trinajstić information content (AvgIpc) is 2.75. The Morgan fingerprint density at radius 3 is 2.41 bits per heavy atom. The van der Waals surface area contributed by atoms with Gasteiger partial charge in [0.25, 0.3) is 5.91 Å². The van der Waals surface area contributed by atoms with Gasteiger partial charge in [-0.05, 0) is 31.4 Å². The summed E-state index contributed by atoms with van der Waals surface area (Å²) in [7, 11) is -3.83. The number of hydrogen-bond donors (Lipinski definition) is 2. The molecular weight excluding hydrogens is 398 g/mol. The van der Waals surface area contributed by atoms with Crippen molar-refractivity contribution in [1.82, 2.24) is 14.9 Å². The topological polar surface area (TPSA) is 122 Å². The first-order chi connectivity index (χ1) is 13.9. The van der Waals surface area contributed by atoms with Gasteiger partial charge in [-0.3, -0.25) is 9.59 Å². The monoisotopic (exact) mass is 425 g/mol. The fraction of sp³-hybridized carbons (Fsp3) is 0.526. The highest BCUT2D eigenvalue weighted by molar-refractivity contribution is 7.89. The van der Waals surface area contributed by atoms with Crippen molar-refractivity contribution in [3.63, 3.8) is 0 Å². The van der Waals surface area contributed by atoms with E-state index in [1.807, 2.05) is 6.92 Å². The highest BCUT2D eigenvalue weighted by atomic mass is 32.2. The molecule has 1 aromatic rings. The molecule has 0 atom stereocenters. The minimum Gasteiger partial charge on any atom is -0.452 e. The molecule has 1 aromatic carbocycles. The van der Waals surface area contributed by atoms with Crippen LogP contribution >= 0.6 is 0 Å². The molecule has 1 saturated heterocycles. The SMILES string of the molecule is CCCNC(=O)CNC(=O)COC(=O)c1ccccc1S(=O)(=O)N1CCCCC1. The molecule has 0 aliphatic carbocycles. The summed E-state index contributed by atoms with van der Waals surface area (Å²) in [6, 6.07) is 5.78. The van der Waals surface area contributed by atoms with Gasteiger partial charge in [0, 0.05) is 19.6 Å². The molecule has 0 unspecified atom stereocenters.